The van der Waals surface area contributed by atoms with Crippen LogP contribution in [0.2, 0.25) is 5.02 Å². The second-order valence-electron chi connectivity index (χ2n) is 3.96. The van der Waals surface area contributed by atoms with Gasteiger partial charge in [0.1, 0.15) is 5.82 Å². The molecule has 0 aromatic heterocycles. The molecule has 0 aliphatic rings. The third-order valence-corrected chi connectivity index (χ3v) is 2.32. The first kappa shape index (κ1) is 15.1. The molecule has 0 saturated carbocycles. The van der Waals surface area contributed by atoms with Crippen LogP contribution < -0.4 is 10.7 Å². The van der Waals surface area contributed by atoms with Gasteiger partial charge < -0.3 is 5.32 Å². The van der Waals surface area contributed by atoms with Gasteiger partial charge in [0.15, 0.2) is 0 Å². The third kappa shape index (κ3) is 4.67. The number of carbonyl (C=O) groups excluding carboxylic acids is 2. The average molecular weight is 286 g/mol. The summed E-state index contributed by atoms with van der Waals surface area (Å²) < 4.78 is 13.3. The Morgan fingerprint density at radius 3 is 2.63 bits per heavy atom. The van der Waals surface area contributed by atoms with E-state index in [0.717, 1.165) is 6.21 Å². The van der Waals surface area contributed by atoms with Gasteiger partial charge in [0.25, 0.3) is 0 Å². The molecule has 0 heterocycles. The molecule has 0 atom stereocenters. The lowest BCUT2D eigenvalue weighted by molar-refractivity contribution is -0.139. The van der Waals surface area contributed by atoms with Crippen molar-refractivity contribution in [2.45, 2.75) is 19.9 Å². The van der Waals surface area contributed by atoms with Gasteiger partial charge in [-0.2, -0.15) is 5.10 Å². The van der Waals surface area contributed by atoms with Crippen molar-refractivity contribution in [3.8, 4) is 0 Å². The Morgan fingerprint density at radius 1 is 1.37 bits per heavy atom. The normalized spacial score (nSPS) is 10.8. The first-order valence-electron chi connectivity index (χ1n) is 5.49. The van der Waals surface area contributed by atoms with Crippen molar-refractivity contribution in [2.24, 2.45) is 5.10 Å². The summed E-state index contributed by atoms with van der Waals surface area (Å²) in [6, 6.07) is 3.98. The summed E-state index contributed by atoms with van der Waals surface area (Å²) in [5, 5.41) is 6.03. The number of hydrogen-bond acceptors (Lipinski definition) is 3. The van der Waals surface area contributed by atoms with Crippen LogP contribution in [0.25, 0.3) is 0 Å². The second-order valence-corrected chi connectivity index (χ2v) is 4.37. The molecule has 0 radical (unpaired) electrons. The first-order chi connectivity index (χ1) is 8.91. The SMILES string of the molecule is CC(C)NC(=O)C(=O)N/N=C\c1c(F)cccc1Cl. The van der Waals surface area contributed by atoms with Gasteiger partial charge >= 0.3 is 11.8 Å². The Bertz CT molecular complexity index is 497. The molecule has 2 N–H and O–H groups in total. The number of nitrogens with one attached hydrogen (secondary N) is 2. The van der Waals surface area contributed by atoms with Crippen LogP contribution in [-0.2, 0) is 9.59 Å². The van der Waals surface area contributed by atoms with Crippen molar-refractivity contribution in [1.29, 1.82) is 0 Å². The number of benzene rings is 1. The molecule has 0 fully saturated rings. The smallest absolute Gasteiger partial charge is 0.329 e. The fraction of sp³-hybridized carbons (Fsp3) is 0.250. The van der Waals surface area contributed by atoms with Crippen LogP contribution in [0.3, 0.4) is 0 Å². The van der Waals surface area contributed by atoms with Gasteiger partial charge in [0.05, 0.1) is 11.2 Å². The molecular formula is C12H13ClFN3O2. The Labute approximate surface area is 114 Å². The number of nitrogens with zero attached hydrogens (tertiary/aromatic N) is 1. The van der Waals surface area contributed by atoms with E-state index in [-0.39, 0.29) is 16.6 Å². The van der Waals surface area contributed by atoms with Gasteiger partial charge in [0.2, 0.25) is 0 Å². The Kier molecular flexibility index (Phi) is 5.44. The molecule has 0 spiro atoms. The Balaban J connectivity index is 2.64. The molecule has 0 saturated heterocycles. The van der Waals surface area contributed by atoms with Crippen LogP contribution in [0.4, 0.5) is 4.39 Å². The van der Waals surface area contributed by atoms with Crippen LogP contribution in [0.5, 0.6) is 0 Å². The highest BCUT2D eigenvalue weighted by atomic mass is 35.5. The summed E-state index contributed by atoms with van der Waals surface area (Å²) in [7, 11) is 0. The minimum absolute atomic E-state index is 0.0359. The maximum Gasteiger partial charge on any atom is 0.329 e. The molecule has 1 aromatic rings. The summed E-state index contributed by atoms with van der Waals surface area (Å²) >= 11 is 5.75. The molecule has 0 bridgehead atoms. The zero-order valence-electron chi connectivity index (χ0n) is 10.4. The van der Waals surface area contributed by atoms with E-state index in [4.69, 9.17) is 11.6 Å². The van der Waals surface area contributed by atoms with Gasteiger partial charge in [-0.05, 0) is 26.0 Å². The highest BCUT2D eigenvalue weighted by Gasteiger charge is 2.13. The van der Waals surface area contributed by atoms with Crippen molar-refractivity contribution in [3.05, 3.63) is 34.6 Å². The fourth-order valence-electron chi connectivity index (χ4n) is 1.17. The highest BCUT2D eigenvalue weighted by molar-refractivity contribution is 6.35. The molecule has 1 aromatic carbocycles. The van der Waals surface area contributed by atoms with Crippen molar-refractivity contribution < 1.29 is 14.0 Å². The van der Waals surface area contributed by atoms with Crippen molar-refractivity contribution in [1.82, 2.24) is 10.7 Å². The molecule has 7 heteroatoms. The lowest BCUT2D eigenvalue weighted by Gasteiger charge is -2.06. The van der Waals surface area contributed by atoms with Gasteiger partial charge in [-0.1, -0.05) is 17.7 Å². The Hall–Kier alpha value is -1.95. The molecule has 102 valence electrons. The molecule has 1 rings (SSSR count). The number of halogens is 2. The first-order valence-corrected chi connectivity index (χ1v) is 5.87. The monoisotopic (exact) mass is 285 g/mol. The summed E-state index contributed by atoms with van der Waals surface area (Å²) in [5.74, 6) is -2.32. The zero-order valence-corrected chi connectivity index (χ0v) is 11.2. The molecule has 0 aliphatic carbocycles. The summed E-state index contributed by atoms with van der Waals surface area (Å²) in [6.45, 7) is 3.43. The molecule has 0 aliphatic heterocycles. The number of rotatable bonds is 3. The molecule has 19 heavy (non-hydrogen) atoms. The minimum Gasteiger partial charge on any atom is -0.346 e. The van der Waals surface area contributed by atoms with Crippen molar-refractivity contribution >= 4 is 29.6 Å². The quantitative estimate of drug-likeness (QED) is 0.501. The van der Waals surface area contributed by atoms with Gasteiger partial charge in [-0.15, -0.1) is 0 Å². The number of carbonyl (C=O) groups is 2. The van der Waals surface area contributed by atoms with Crippen LogP contribution in [0, 0.1) is 5.82 Å². The van der Waals surface area contributed by atoms with Crippen molar-refractivity contribution in [3.63, 3.8) is 0 Å². The maximum absolute atomic E-state index is 13.3. The van der Waals surface area contributed by atoms with E-state index in [1.807, 2.05) is 5.43 Å². The predicted octanol–water partition coefficient (Wildman–Crippen LogP) is 1.45. The highest BCUT2D eigenvalue weighted by Crippen LogP contribution is 2.16. The van der Waals surface area contributed by atoms with Crippen LogP contribution in [0.15, 0.2) is 23.3 Å². The number of hydrogen-bond donors (Lipinski definition) is 2. The lowest BCUT2D eigenvalue weighted by Crippen LogP contribution is -2.41. The van der Waals surface area contributed by atoms with E-state index in [0.29, 0.717) is 0 Å². The topological polar surface area (TPSA) is 70.6 Å². The van der Waals surface area contributed by atoms with E-state index in [1.165, 1.54) is 18.2 Å². The molecule has 0 unspecified atom stereocenters. The Morgan fingerprint density at radius 2 is 2.05 bits per heavy atom. The van der Waals surface area contributed by atoms with E-state index in [9.17, 15) is 14.0 Å². The largest absolute Gasteiger partial charge is 0.346 e. The fourth-order valence-corrected chi connectivity index (χ4v) is 1.38. The minimum atomic E-state index is -0.933. The summed E-state index contributed by atoms with van der Waals surface area (Å²) in [4.78, 5) is 22.5. The lowest BCUT2D eigenvalue weighted by atomic mass is 10.2. The average Bonchev–Trinajstić information content (AvgIpc) is 2.31. The summed E-state index contributed by atoms with van der Waals surface area (Å²) in [6.07, 6.45) is 1.04. The second kappa shape index (κ2) is 6.84. The maximum atomic E-state index is 13.3. The zero-order chi connectivity index (χ0) is 14.4. The van der Waals surface area contributed by atoms with E-state index < -0.39 is 17.6 Å². The number of amides is 2. The van der Waals surface area contributed by atoms with Crippen LogP contribution >= 0.6 is 11.6 Å². The van der Waals surface area contributed by atoms with E-state index in [1.54, 1.807) is 13.8 Å². The predicted molar refractivity (Wildman–Crippen MR) is 70.4 cm³/mol. The molecule has 5 nitrogen and oxygen atoms in total. The van der Waals surface area contributed by atoms with Crippen LogP contribution in [-0.4, -0.2) is 24.1 Å². The third-order valence-electron chi connectivity index (χ3n) is 1.99. The standard InChI is InChI=1S/C12H13ClFN3O2/c1-7(2)16-11(18)12(19)17-15-6-8-9(13)4-3-5-10(8)14/h3-7H,1-2H3,(H,16,18)(H,17,19)/b15-6-. The summed E-state index contributed by atoms with van der Waals surface area (Å²) in [5.41, 5.74) is 2.02. The van der Waals surface area contributed by atoms with Crippen molar-refractivity contribution in [2.75, 3.05) is 0 Å². The van der Waals surface area contributed by atoms with Gasteiger partial charge in [-0.3, -0.25) is 9.59 Å². The van der Waals surface area contributed by atoms with Gasteiger partial charge in [0, 0.05) is 11.6 Å². The molecule has 2 amide bonds. The number of hydrazone groups is 1. The van der Waals surface area contributed by atoms with E-state index >= 15 is 0 Å². The molecular weight excluding hydrogens is 273 g/mol. The van der Waals surface area contributed by atoms with Crippen LogP contribution in [0.1, 0.15) is 19.4 Å². The van der Waals surface area contributed by atoms with Gasteiger partial charge in [-0.25, -0.2) is 9.82 Å². The van der Waals surface area contributed by atoms with E-state index in [2.05, 4.69) is 10.4 Å².